The first-order chi connectivity index (χ1) is 8.09. The van der Waals surface area contributed by atoms with Gasteiger partial charge in [-0.3, -0.25) is 9.48 Å². The maximum atomic E-state index is 12.0. The minimum absolute atomic E-state index is 0.298. The van der Waals surface area contributed by atoms with Gasteiger partial charge in [0.15, 0.2) is 0 Å². The quantitative estimate of drug-likeness (QED) is 0.911. The van der Waals surface area contributed by atoms with E-state index in [1.54, 1.807) is 31.3 Å². The number of anilines is 1. The number of carbonyl (C=O) groups excluding carboxylic acids is 1. The van der Waals surface area contributed by atoms with E-state index < -0.39 is 0 Å². The zero-order valence-corrected chi connectivity index (χ0v) is 10.5. The molecule has 1 amide bonds. The van der Waals surface area contributed by atoms with Gasteiger partial charge in [-0.15, -0.1) is 0 Å². The predicted octanol–water partition coefficient (Wildman–Crippen LogP) is 2.98. The van der Waals surface area contributed by atoms with Crippen LogP contribution in [-0.4, -0.2) is 15.7 Å². The van der Waals surface area contributed by atoms with Crippen molar-refractivity contribution < 1.29 is 4.79 Å². The van der Waals surface area contributed by atoms with E-state index in [1.807, 2.05) is 0 Å². The van der Waals surface area contributed by atoms with Crippen LogP contribution in [0.1, 0.15) is 10.5 Å². The highest BCUT2D eigenvalue weighted by molar-refractivity contribution is 6.35. The lowest BCUT2D eigenvalue weighted by Crippen LogP contribution is -2.16. The third kappa shape index (κ3) is 2.43. The number of nitrogens with zero attached hydrogens (tertiary/aromatic N) is 2. The minimum Gasteiger partial charge on any atom is -0.319 e. The number of aromatic nitrogens is 2. The number of hydrogen-bond donors (Lipinski definition) is 1. The molecule has 0 aliphatic carbocycles. The number of amides is 1. The zero-order valence-electron chi connectivity index (χ0n) is 8.95. The molecule has 0 saturated heterocycles. The normalized spacial score (nSPS) is 10.3. The molecule has 0 saturated carbocycles. The lowest BCUT2D eigenvalue weighted by atomic mass is 10.3. The summed E-state index contributed by atoms with van der Waals surface area (Å²) in [4.78, 5) is 12.0. The summed E-state index contributed by atoms with van der Waals surface area (Å²) >= 11 is 11.8. The Balaban J connectivity index is 2.27. The van der Waals surface area contributed by atoms with Crippen molar-refractivity contribution in [3.8, 4) is 0 Å². The summed E-state index contributed by atoms with van der Waals surface area (Å²) in [6.45, 7) is 0. The average molecular weight is 270 g/mol. The molecule has 0 aliphatic heterocycles. The Kier molecular flexibility index (Phi) is 3.36. The molecule has 6 heteroatoms. The molecular weight excluding hydrogens is 261 g/mol. The maximum Gasteiger partial charge on any atom is 0.275 e. The van der Waals surface area contributed by atoms with Crippen molar-refractivity contribution in [3.63, 3.8) is 0 Å². The van der Waals surface area contributed by atoms with Crippen LogP contribution in [0.25, 0.3) is 0 Å². The smallest absolute Gasteiger partial charge is 0.275 e. The summed E-state index contributed by atoms with van der Waals surface area (Å²) in [5, 5.41) is 7.34. The Morgan fingerprint density at radius 1 is 1.29 bits per heavy atom. The summed E-state index contributed by atoms with van der Waals surface area (Å²) in [5.41, 5.74) is 0.836. The Morgan fingerprint density at radius 3 is 2.59 bits per heavy atom. The van der Waals surface area contributed by atoms with E-state index in [0.29, 0.717) is 21.4 Å². The van der Waals surface area contributed by atoms with Crippen LogP contribution in [0.5, 0.6) is 0 Å². The fourth-order valence-electron chi connectivity index (χ4n) is 1.41. The second kappa shape index (κ2) is 4.77. The van der Waals surface area contributed by atoms with Gasteiger partial charge in [-0.25, -0.2) is 0 Å². The zero-order chi connectivity index (χ0) is 12.4. The van der Waals surface area contributed by atoms with Crippen molar-refractivity contribution in [1.82, 2.24) is 9.78 Å². The van der Waals surface area contributed by atoms with Crippen molar-refractivity contribution in [3.05, 3.63) is 46.2 Å². The van der Waals surface area contributed by atoms with Gasteiger partial charge in [0, 0.05) is 7.05 Å². The second-order valence-corrected chi connectivity index (χ2v) is 4.21. The van der Waals surface area contributed by atoms with E-state index in [9.17, 15) is 4.79 Å². The van der Waals surface area contributed by atoms with E-state index in [4.69, 9.17) is 23.2 Å². The Hall–Kier alpha value is -1.52. The number of rotatable bonds is 2. The molecule has 0 spiro atoms. The number of aryl methyl sites for hydroxylation is 1. The molecule has 2 rings (SSSR count). The van der Waals surface area contributed by atoms with Crippen LogP contribution in [-0.2, 0) is 7.05 Å². The molecule has 0 unspecified atom stereocenters. The maximum absolute atomic E-state index is 12.0. The topological polar surface area (TPSA) is 46.9 Å². The number of carbonyl (C=O) groups is 1. The van der Waals surface area contributed by atoms with Gasteiger partial charge in [-0.1, -0.05) is 35.3 Å². The Labute approximate surface area is 108 Å². The third-order valence-corrected chi connectivity index (χ3v) is 2.84. The number of para-hydroxylation sites is 1. The minimum atomic E-state index is -0.344. The number of nitrogens with one attached hydrogen (secondary N) is 1. The fourth-order valence-corrected chi connectivity index (χ4v) is 1.85. The summed E-state index contributed by atoms with van der Waals surface area (Å²) in [5.74, 6) is -0.344. The van der Waals surface area contributed by atoms with Gasteiger partial charge in [-0.05, 0) is 12.1 Å². The standard InChI is InChI=1S/C11H9Cl2N3O/c1-16-10(8(13)6-14-16)11(17)15-9-5-3-2-4-7(9)12/h2-6H,1H3,(H,15,17). The molecular formula is C11H9Cl2N3O. The van der Waals surface area contributed by atoms with Crippen molar-refractivity contribution in [2.75, 3.05) is 5.32 Å². The fraction of sp³-hybridized carbons (Fsp3) is 0.0909. The monoisotopic (exact) mass is 269 g/mol. The van der Waals surface area contributed by atoms with Crippen LogP contribution in [0.3, 0.4) is 0 Å². The highest BCUT2D eigenvalue weighted by atomic mass is 35.5. The van der Waals surface area contributed by atoms with Gasteiger partial charge in [0.05, 0.1) is 21.9 Å². The molecule has 0 radical (unpaired) electrons. The lowest BCUT2D eigenvalue weighted by molar-refractivity contribution is 0.101. The third-order valence-electron chi connectivity index (χ3n) is 2.23. The summed E-state index contributed by atoms with van der Waals surface area (Å²) in [6, 6.07) is 6.98. The molecule has 0 aliphatic rings. The molecule has 2 aromatic rings. The predicted molar refractivity (Wildman–Crippen MR) is 67.6 cm³/mol. The van der Waals surface area contributed by atoms with Gasteiger partial charge in [-0.2, -0.15) is 5.10 Å². The van der Waals surface area contributed by atoms with Crippen molar-refractivity contribution in [2.45, 2.75) is 0 Å². The van der Waals surface area contributed by atoms with Crippen LogP contribution < -0.4 is 5.32 Å². The lowest BCUT2D eigenvalue weighted by Gasteiger charge is -2.07. The molecule has 1 N–H and O–H groups in total. The summed E-state index contributed by atoms with van der Waals surface area (Å²) in [7, 11) is 1.65. The highest BCUT2D eigenvalue weighted by Gasteiger charge is 2.16. The molecule has 1 aromatic heterocycles. The van der Waals surface area contributed by atoms with Gasteiger partial charge >= 0.3 is 0 Å². The molecule has 1 heterocycles. The van der Waals surface area contributed by atoms with E-state index in [0.717, 1.165) is 0 Å². The molecule has 1 aromatic carbocycles. The van der Waals surface area contributed by atoms with Gasteiger partial charge in [0.1, 0.15) is 5.69 Å². The largest absolute Gasteiger partial charge is 0.319 e. The van der Waals surface area contributed by atoms with Crippen LogP contribution in [0.15, 0.2) is 30.5 Å². The SMILES string of the molecule is Cn1ncc(Cl)c1C(=O)Nc1ccccc1Cl. The van der Waals surface area contributed by atoms with E-state index in [1.165, 1.54) is 10.9 Å². The first-order valence-corrected chi connectivity index (χ1v) is 5.58. The number of halogens is 2. The van der Waals surface area contributed by atoms with Gasteiger partial charge in [0.25, 0.3) is 5.91 Å². The van der Waals surface area contributed by atoms with Crippen molar-refractivity contribution in [2.24, 2.45) is 7.05 Å². The van der Waals surface area contributed by atoms with Crippen LogP contribution in [0, 0.1) is 0 Å². The van der Waals surface area contributed by atoms with E-state index >= 15 is 0 Å². The second-order valence-electron chi connectivity index (χ2n) is 3.40. The Bertz CT molecular complexity index is 546. The van der Waals surface area contributed by atoms with E-state index in [2.05, 4.69) is 10.4 Å². The van der Waals surface area contributed by atoms with Crippen LogP contribution in [0.2, 0.25) is 10.0 Å². The average Bonchev–Trinajstić information content (AvgIpc) is 2.62. The first-order valence-electron chi connectivity index (χ1n) is 4.83. The van der Waals surface area contributed by atoms with Crippen molar-refractivity contribution >= 4 is 34.8 Å². The van der Waals surface area contributed by atoms with Crippen molar-refractivity contribution in [1.29, 1.82) is 0 Å². The molecule has 0 atom stereocenters. The van der Waals surface area contributed by atoms with Gasteiger partial charge in [0.2, 0.25) is 0 Å². The van der Waals surface area contributed by atoms with Crippen LogP contribution >= 0.6 is 23.2 Å². The van der Waals surface area contributed by atoms with Gasteiger partial charge < -0.3 is 5.32 Å². The van der Waals surface area contributed by atoms with E-state index in [-0.39, 0.29) is 5.91 Å². The molecule has 88 valence electrons. The molecule has 0 bridgehead atoms. The summed E-state index contributed by atoms with van der Waals surface area (Å²) in [6.07, 6.45) is 1.42. The summed E-state index contributed by atoms with van der Waals surface area (Å²) < 4.78 is 1.41. The first kappa shape index (κ1) is 12.0. The molecule has 0 fully saturated rings. The van der Waals surface area contributed by atoms with Crippen LogP contribution in [0.4, 0.5) is 5.69 Å². The highest BCUT2D eigenvalue weighted by Crippen LogP contribution is 2.22. The molecule has 17 heavy (non-hydrogen) atoms. The Morgan fingerprint density at radius 2 is 2.00 bits per heavy atom. The molecule has 4 nitrogen and oxygen atoms in total. The number of hydrogen-bond acceptors (Lipinski definition) is 2. The number of benzene rings is 1.